The van der Waals surface area contributed by atoms with E-state index in [2.05, 4.69) is 14.9 Å². The van der Waals surface area contributed by atoms with E-state index in [1.54, 1.807) is 11.3 Å². The maximum Gasteiger partial charge on any atom is 0.286 e. The first-order valence-corrected chi connectivity index (χ1v) is 9.22. The van der Waals surface area contributed by atoms with E-state index in [1.807, 2.05) is 11.5 Å². The van der Waals surface area contributed by atoms with Crippen molar-refractivity contribution >= 4 is 40.2 Å². The molecule has 2 aliphatic heterocycles. The van der Waals surface area contributed by atoms with Gasteiger partial charge in [-0.15, -0.1) is 11.3 Å². The SMILES string of the molecule is O=C1N=C(N2CCCCC2)S/C1=C/c1csc(C2CC2)n1. The van der Waals surface area contributed by atoms with E-state index in [-0.39, 0.29) is 5.91 Å². The van der Waals surface area contributed by atoms with Gasteiger partial charge in [0.15, 0.2) is 5.17 Å². The zero-order chi connectivity index (χ0) is 14.2. The van der Waals surface area contributed by atoms with Crippen LogP contribution in [0, 0.1) is 0 Å². The molecule has 21 heavy (non-hydrogen) atoms. The third kappa shape index (κ3) is 2.92. The topological polar surface area (TPSA) is 45.6 Å². The summed E-state index contributed by atoms with van der Waals surface area (Å²) >= 11 is 3.22. The first-order chi connectivity index (χ1) is 10.3. The number of nitrogens with zero attached hydrogens (tertiary/aromatic N) is 3. The van der Waals surface area contributed by atoms with Crippen LogP contribution in [0.4, 0.5) is 0 Å². The van der Waals surface area contributed by atoms with Crippen LogP contribution in [0.1, 0.15) is 48.7 Å². The third-order valence-electron chi connectivity index (χ3n) is 3.98. The monoisotopic (exact) mass is 319 g/mol. The molecule has 1 aromatic rings. The minimum atomic E-state index is -0.110. The van der Waals surface area contributed by atoms with Crippen LogP contribution in [0.2, 0.25) is 0 Å². The Morgan fingerprint density at radius 1 is 1.24 bits per heavy atom. The number of thioether (sulfide) groups is 1. The molecule has 1 aromatic heterocycles. The number of likely N-dealkylation sites (tertiary alicyclic amines) is 1. The van der Waals surface area contributed by atoms with E-state index in [4.69, 9.17) is 0 Å². The highest BCUT2D eigenvalue weighted by atomic mass is 32.2. The fourth-order valence-electron chi connectivity index (χ4n) is 2.64. The van der Waals surface area contributed by atoms with E-state index in [1.165, 1.54) is 48.9 Å². The highest BCUT2D eigenvalue weighted by molar-refractivity contribution is 8.18. The van der Waals surface area contributed by atoms with Gasteiger partial charge < -0.3 is 4.90 Å². The van der Waals surface area contributed by atoms with Crippen molar-refractivity contribution in [3.8, 4) is 0 Å². The zero-order valence-corrected chi connectivity index (χ0v) is 13.4. The molecule has 0 spiro atoms. The first kappa shape index (κ1) is 13.5. The van der Waals surface area contributed by atoms with E-state index < -0.39 is 0 Å². The van der Waals surface area contributed by atoms with Crippen molar-refractivity contribution in [1.29, 1.82) is 0 Å². The average molecular weight is 319 g/mol. The largest absolute Gasteiger partial charge is 0.351 e. The van der Waals surface area contributed by atoms with Crippen LogP contribution in [0.25, 0.3) is 6.08 Å². The van der Waals surface area contributed by atoms with E-state index in [9.17, 15) is 4.79 Å². The van der Waals surface area contributed by atoms with Crippen LogP contribution >= 0.6 is 23.1 Å². The van der Waals surface area contributed by atoms with Gasteiger partial charge in [-0.1, -0.05) is 0 Å². The lowest BCUT2D eigenvalue weighted by atomic mass is 10.1. The van der Waals surface area contributed by atoms with Gasteiger partial charge in [0.2, 0.25) is 0 Å². The van der Waals surface area contributed by atoms with Crippen molar-refractivity contribution in [3.05, 3.63) is 21.0 Å². The Morgan fingerprint density at radius 3 is 2.81 bits per heavy atom. The number of amidine groups is 1. The number of rotatable bonds is 2. The Labute approximate surface area is 132 Å². The summed E-state index contributed by atoms with van der Waals surface area (Å²) in [7, 11) is 0. The standard InChI is InChI=1S/C15H17N3OS2/c19-13-12(8-11-9-20-14(16-11)10-4-5-10)21-15(17-13)18-6-2-1-3-7-18/h8-10H,1-7H2/b12-8+. The Kier molecular flexibility index (Phi) is 3.59. The average Bonchev–Trinajstić information content (AvgIpc) is 3.16. The molecule has 0 unspecified atom stereocenters. The Morgan fingerprint density at radius 2 is 2.05 bits per heavy atom. The molecule has 3 aliphatic rings. The molecule has 0 radical (unpaired) electrons. The highest BCUT2D eigenvalue weighted by Crippen LogP contribution is 2.41. The molecule has 1 saturated carbocycles. The maximum absolute atomic E-state index is 12.1. The second-order valence-electron chi connectivity index (χ2n) is 5.74. The molecular formula is C15H17N3OS2. The highest BCUT2D eigenvalue weighted by Gasteiger charge is 2.28. The third-order valence-corrected chi connectivity index (χ3v) is 6.05. The number of hydrogen-bond donors (Lipinski definition) is 0. The maximum atomic E-state index is 12.1. The second kappa shape index (κ2) is 5.57. The smallest absolute Gasteiger partial charge is 0.286 e. The summed E-state index contributed by atoms with van der Waals surface area (Å²) in [5, 5.41) is 4.14. The summed E-state index contributed by atoms with van der Waals surface area (Å²) in [5.41, 5.74) is 0.910. The number of thiazole rings is 1. The number of piperidine rings is 1. The molecule has 6 heteroatoms. The Bertz CT molecular complexity index is 625. The fraction of sp³-hybridized carbons (Fsp3) is 0.533. The molecule has 0 aromatic carbocycles. The predicted molar refractivity (Wildman–Crippen MR) is 87.5 cm³/mol. The summed E-state index contributed by atoms with van der Waals surface area (Å²) in [4.78, 5) is 23.8. The lowest BCUT2D eigenvalue weighted by Crippen LogP contribution is -2.33. The van der Waals surface area contributed by atoms with Gasteiger partial charge in [-0.05, 0) is 49.9 Å². The number of aliphatic imine (C=N–C) groups is 1. The van der Waals surface area contributed by atoms with Gasteiger partial charge in [-0.25, -0.2) is 4.98 Å². The summed E-state index contributed by atoms with van der Waals surface area (Å²) in [6, 6.07) is 0. The second-order valence-corrected chi connectivity index (χ2v) is 7.64. The molecule has 4 rings (SSSR count). The summed E-state index contributed by atoms with van der Waals surface area (Å²) in [5.74, 6) is 0.566. The van der Waals surface area contributed by atoms with Crippen molar-refractivity contribution in [2.45, 2.75) is 38.0 Å². The lowest BCUT2D eigenvalue weighted by molar-refractivity contribution is -0.113. The van der Waals surface area contributed by atoms with Gasteiger partial charge in [0.25, 0.3) is 5.91 Å². The van der Waals surface area contributed by atoms with Crippen molar-refractivity contribution in [2.24, 2.45) is 4.99 Å². The predicted octanol–water partition coefficient (Wildman–Crippen LogP) is 3.48. The summed E-state index contributed by atoms with van der Waals surface area (Å²) in [6.07, 6.45) is 8.11. The van der Waals surface area contributed by atoms with Crippen LogP contribution < -0.4 is 0 Å². The molecule has 1 saturated heterocycles. The summed E-state index contributed by atoms with van der Waals surface area (Å²) < 4.78 is 0. The minimum absolute atomic E-state index is 0.110. The molecule has 0 N–H and O–H groups in total. The van der Waals surface area contributed by atoms with Crippen molar-refractivity contribution in [3.63, 3.8) is 0 Å². The molecule has 0 atom stereocenters. The molecule has 1 aliphatic carbocycles. The van der Waals surface area contributed by atoms with E-state index in [0.29, 0.717) is 10.8 Å². The Balaban J connectivity index is 1.48. The van der Waals surface area contributed by atoms with E-state index in [0.717, 1.165) is 24.0 Å². The number of carbonyl (C=O) groups is 1. The van der Waals surface area contributed by atoms with Crippen molar-refractivity contribution < 1.29 is 4.79 Å². The molecule has 4 nitrogen and oxygen atoms in total. The Hall–Kier alpha value is -1.14. The van der Waals surface area contributed by atoms with Crippen molar-refractivity contribution in [2.75, 3.05) is 13.1 Å². The van der Waals surface area contributed by atoms with Gasteiger partial charge in [0, 0.05) is 24.4 Å². The molecule has 2 fully saturated rings. The number of aromatic nitrogens is 1. The molecular weight excluding hydrogens is 302 g/mol. The van der Waals surface area contributed by atoms with Crippen LogP contribution in [-0.4, -0.2) is 34.0 Å². The van der Waals surface area contributed by atoms with Crippen LogP contribution in [0.15, 0.2) is 15.3 Å². The molecule has 3 heterocycles. The zero-order valence-electron chi connectivity index (χ0n) is 11.7. The van der Waals surface area contributed by atoms with Crippen LogP contribution in [0.5, 0.6) is 0 Å². The van der Waals surface area contributed by atoms with Gasteiger partial charge in [0.1, 0.15) is 0 Å². The van der Waals surface area contributed by atoms with Gasteiger partial charge in [-0.2, -0.15) is 4.99 Å². The quantitative estimate of drug-likeness (QED) is 0.783. The molecule has 1 amide bonds. The normalized spacial score (nSPS) is 24.8. The molecule has 0 bridgehead atoms. The number of carbonyl (C=O) groups excluding carboxylic acids is 1. The number of amides is 1. The fourth-order valence-corrected chi connectivity index (χ4v) is 4.54. The number of hydrogen-bond acceptors (Lipinski definition) is 5. The van der Waals surface area contributed by atoms with Gasteiger partial charge in [-0.3, -0.25) is 4.79 Å². The van der Waals surface area contributed by atoms with E-state index >= 15 is 0 Å². The van der Waals surface area contributed by atoms with Gasteiger partial charge >= 0.3 is 0 Å². The first-order valence-electron chi connectivity index (χ1n) is 7.52. The van der Waals surface area contributed by atoms with Crippen LogP contribution in [-0.2, 0) is 4.79 Å². The van der Waals surface area contributed by atoms with Crippen molar-refractivity contribution in [1.82, 2.24) is 9.88 Å². The lowest BCUT2D eigenvalue weighted by Gasteiger charge is -2.27. The minimum Gasteiger partial charge on any atom is -0.351 e. The summed E-state index contributed by atoms with van der Waals surface area (Å²) in [6.45, 7) is 2.05. The molecule has 110 valence electrons. The van der Waals surface area contributed by atoms with Gasteiger partial charge in [0.05, 0.1) is 15.6 Å². The van der Waals surface area contributed by atoms with Crippen LogP contribution in [0.3, 0.4) is 0 Å².